The number of hydrogen-bond donors (Lipinski definition) is 4. The van der Waals surface area contributed by atoms with E-state index in [1.807, 2.05) is 36.4 Å². The van der Waals surface area contributed by atoms with Crippen LogP contribution in [0.1, 0.15) is 23.6 Å². The Bertz CT molecular complexity index is 886. The van der Waals surface area contributed by atoms with E-state index in [2.05, 4.69) is 20.8 Å². The topological polar surface area (TPSA) is 95.8 Å². The number of urea groups is 1. The van der Waals surface area contributed by atoms with Crippen LogP contribution >= 0.6 is 0 Å². The molecule has 0 saturated carbocycles. The van der Waals surface area contributed by atoms with Crippen molar-refractivity contribution in [2.45, 2.75) is 18.9 Å². The highest BCUT2D eigenvalue weighted by Crippen LogP contribution is 2.34. The van der Waals surface area contributed by atoms with Crippen LogP contribution in [0.3, 0.4) is 0 Å². The first kappa shape index (κ1) is 13.6. The lowest BCUT2D eigenvalue weighted by Gasteiger charge is -2.15. The summed E-state index contributed by atoms with van der Waals surface area (Å²) in [5.74, 6) is 0. The van der Waals surface area contributed by atoms with Gasteiger partial charge in [-0.15, -0.1) is 0 Å². The maximum Gasteiger partial charge on any atom is 0.319 e. The van der Waals surface area contributed by atoms with Gasteiger partial charge in [0.1, 0.15) is 0 Å². The van der Waals surface area contributed by atoms with Crippen LogP contribution in [0.15, 0.2) is 42.6 Å². The molecule has 0 spiro atoms. The van der Waals surface area contributed by atoms with Crippen molar-refractivity contribution >= 4 is 28.3 Å². The Balaban J connectivity index is 1.52. The quantitative estimate of drug-likeness (QED) is 0.548. The summed E-state index contributed by atoms with van der Waals surface area (Å²) in [6.07, 6.45) is 3.47. The van der Waals surface area contributed by atoms with Gasteiger partial charge < -0.3 is 16.4 Å². The minimum atomic E-state index is -0.223. The van der Waals surface area contributed by atoms with E-state index in [4.69, 9.17) is 5.73 Å². The van der Waals surface area contributed by atoms with E-state index in [-0.39, 0.29) is 12.1 Å². The third-order valence-corrected chi connectivity index (χ3v) is 4.35. The summed E-state index contributed by atoms with van der Waals surface area (Å²) in [5.41, 5.74) is 10.7. The number of H-pyrrole nitrogens is 1. The van der Waals surface area contributed by atoms with Gasteiger partial charge in [-0.1, -0.05) is 18.2 Å². The number of anilines is 2. The Morgan fingerprint density at radius 1 is 1.26 bits per heavy atom. The fourth-order valence-electron chi connectivity index (χ4n) is 3.23. The number of amides is 2. The molecule has 5 N–H and O–H groups in total. The summed E-state index contributed by atoms with van der Waals surface area (Å²) < 4.78 is 0. The number of nitrogens with zero attached hydrogens (tertiary/aromatic N) is 1. The van der Waals surface area contributed by atoms with Crippen LogP contribution in [-0.4, -0.2) is 16.2 Å². The van der Waals surface area contributed by atoms with Crippen molar-refractivity contribution in [1.82, 2.24) is 15.5 Å². The number of aromatic amines is 1. The maximum absolute atomic E-state index is 12.3. The monoisotopic (exact) mass is 307 g/mol. The summed E-state index contributed by atoms with van der Waals surface area (Å²) in [6.45, 7) is 0. The highest BCUT2D eigenvalue weighted by atomic mass is 16.2. The van der Waals surface area contributed by atoms with Crippen LogP contribution < -0.4 is 16.4 Å². The van der Waals surface area contributed by atoms with Crippen LogP contribution in [0.4, 0.5) is 16.2 Å². The first-order chi connectivity index (χ1) is 11.2. The summed E-state index contributed by atoms with van der Waals surface area (Å²) in [4.78, 5) is 12.3. The summed E-state index contributed by atoms with van der Waals surface area (Å²) in [5, 5.41) is 13.7. The van der Waals surface area contributed by atoms with Gasteiger partial charge in [0.2, 0.25) is 0 Å². The average molecular weight is 307 g/mol. The lowest BCUT2D eigenvalue weighted by molar-refractivity contribution is 0.248. The van der Waals surface area contributed by atoms with Gasteiger partial charge in [0, 0.05) is 11.1 Å². The Labute approximate surface area is 133 Å². The number of carbonyl (C=O) groups is 1. The number of nitrogens with one attached hydrogen (secondary N) is 3. The Hall–Kier alpha value is -3.02. The molecule has 4 rings (SSSR count). The molecule has 2 amide bonds. The van der Waals surface area contributed by atoms with Gasteiger partial charge in [0.15, 0.2) is 0 Å². The van der Waals surface area contributed by atoms with Gasteiger partial charge in [-0.2, -0.15) is 5.10 Å². The summed E-state index contributed by atoms with van der Waals surface area (Å²) >= 11 is 0. The third-order valence-electron chi connectivity index (χ3n) is 4.35. The number of nitrogens with two attached hydrogens (primary N) is 1. The number of benzene rings is 2. The number of hydrogen-bond acceptors (Lipinski definition) is 3. The predicted octanol–water partition coefficient (Wildman–Crippen LogP) is 2.95. The Morgan fingerprint density at radius 2 is 2.13 bits per heavy atom. The molecule has 6 nitrogen and oxygen atoms in total. The van der Waals surface area contributed by atoms with Gasteiger partial charge in [-0.3, -0.25) is 5.10 Å². The zero-order valence-corrected chi connectivity index (χ0v) is 12.5. The molecule has 6 heteroatoms. The molecule has 1 heterocycles. The molecule has 23 heavy (non-hydrogen) atoms. The zero-order chi connectivity index (χ0) is 15.8. The molecular formula is C17H17N5O. The smallest absolute Gasteiger partial charge is 0.319 e. The lowest BCUT2D eigenvalue weighted by atomic mass is 10.1. The molecule has 1 atom stereocenters. The minimum Gasteiger partial charge on any atom is -0.398 e. The second-order valence-electron chi connectivity index (χ2n) is 5.74. The molecule has 3 aromatic rings. The van der Waals surface area contributed by atoms with Crippen molar-refractivity contribution in [3.63, 3.8) is 0 Å². The predicted molar refractivity (Wildman–Crippen MR) is 90.2 cm³/mol. The fraction of sp³-hybridized carbons (Fsp3) is 0.176. The molecule has 0 saturated heterocycles. The number of aromatic nitrogens is 2. The zero-order valence-electron chi connectivity index (χ0n) is 12.5. The average Bonchev–Trinajstić information content (AvgIpc) is 3.16. The van der Waals surface area contributed by atoms with Crippen molar-refractivity contribution in [3.8, 4) is 0 Å². The van der Waals surface area contributed by atoms with E-state index in [9.17, 15) is 4.79 Å². The van der Waals surface area contributed by atoms with Crippen LogP contribution in [0, 0.1) is 0 Å². The normalized spacial score (nSPS) is 16.3. The molecular weight excluding hydrogens is 290 g/mol. The van der Waals surface area contributed by atoms with E-state index < -0.39 is 0 Å². The molecule has 0 radical (unpaired) electrons. The number of rotatable bonds is 2. The van der Waals surface area contributed by atoms with E-state index in [0.29, 0.717) is 0 Å². The standard InChI is InChI=1S/C17H17N5O/c18-13-4-1-3-11-10(13)7-8-15(11)21-17(23)20-14-5-2-6-16-12(14)9-19-22-16/h1-6,9,15H,7-8,18H2,(H,19,22)(H2,20,21,23). The minimum absolute atomic E-state index is 0.00273. The molecule has 1 unspecified atom stereocenters. The molecule has 1 aliphatic carbocycles. The highest BCUT2D eigenvalue weighted by Gasteiger charge is 2.25. The van der Waals surface area contributed by atoms with Crippen molar-refractivity contribution < 1.29 is 4.79 Å². The van der Waals surface area contributed by atoms with Gasteiger partial charge in [0.05, 0.1) is 23.4 Å². The van der Waals surface area contributed by atoms with E-state index >= 15 is 0 Å². The van der Waals surface area contributed by atoms with Gasteiger partial charge >= 0.3 is 6.03 Å². The third kappa shape index (κ3) is 2.38. The number of nitrogen functional groups attached to an aromatic ring is 1. The molecule has 0 bridgehead atoms. The summed E-state index contributed by atoms with van der Waals surface area (Å²) in [7, 11) is 0. The second-order valence-corrected chi connectivity index (χ2v) is 5.74. The Morgan fingerprint density at radius 3 is 3.04 bits per heavy atom. The second kappa shape index (κ2) is 5.31. The highest BCUT2D eigenvalue weighted by molar-refractivity contribution is 6.00. The van der Waals surface area contributed by atoms with Gasteiger partial charge in [-0.05, 0) is 42.2 Å². The molecule has 1 aromatic heterocycles. The molecule has 116 valence electrons. The Kier molecular flexibility index (Phi) is 3.15. The van der Waals surface area contributed by atoms with Crippen molar-refractivity contribution in [3.05, 3.63) is 53.7 Å². The SMILES string of the molecule is Nc1cccc2c1CCC2NC(=O)Nc1cccc2[nH]ncc12. The molecule has 2 aromatic carbocycles. The largest absolute Gasteiger partial charge is 0.398 e. The van der Waals surface area contributed by atoms with Crippen molar-refractivity contribution in [2.75, 3.05) is 11.1 Å². The van der Waals surface area contributed by atoms with E-state index in [1.54, 1.807) is 6.20 Å². The van der Waals surface area contributed by atoms with Crippen LogP contribution in [0.2, 0.25) is 0 Å². The number of fused-ring (bicyclic) bond motifs is 2. The lowest BCUT2D eigenvalue weighted by Crippen LogP contribution is -2.31. The van der Waals surface area contributed by atoms with E-state index in [0.717, 1.165) is 46.2 Å². The van der Waals surface area contributed by atoms with Crippen LogP contribution in [-0.2, 0) is 6.42 Å². The van der Waals surface area contributed by atoms with Gasteiger partial charge in [0.25, 0.3) is 0 Å². The van der Waals surface area contributed by atoms with Crippen LogP contribution in [0.5, 0.6) is 0 Å². The van der Waals surface area contributed by atoms with Crippen LogP contribution in [0.25, 0.3) is 10.9 Å². The molecule has 0 aliphatic heterocycles. The maximum atomic E-state index is 12.3. The first-order valence-electron chi connectivity index (χ1n) is 7.59. The van der Waals surface area contributed by atoms with Crippen molar-refractivity contribution in [1.29, 1.82) is 0 Å². The van der Waals surface area contributed by atoms with Crippen molar-refractivity contribution in [2.24, 2.45) is 0 Å². The molecule has 0 fully saturated rings. The fourth-order valence-corrected chi connectivity index (χ4v) is 3.23. The number of carbonyl (C=O) groups excluding carboxylic acids is 1. The summed E-state index contributed by atoms with van der Waals surface area (Å²) in [6, 6.07) is 11.3. The first-order valence-corrected chi connectivity index (χ1v) is 7.59. The van der Waals surface area contributed by atoms with Gasteiger partial charge in [-0.25, -0.2) is 4.79 Å². The molecule has 1 aliphatic rings. The van der Waals surface area contributed by atoms with E-state index in [1.165, 1.54) is 0 Å².